The molecule has 4 rings (SSSR count). The van der Waals surface area contributed by atoms with Crippen molar-refractivity contribution >= 4 is 40.3 Å². The van der Waals surface area contributed by atoms with E-state index in [1.807, 2.05) is 102 Å². The number of hydrogen-bond donors (Lipinski definition) is 2. The van der Waals surface area contributed by atoms with Crippen molar-refractivity contribution < 1.29 is 4.79 Å². The van der Waals surface area contributed by atoms with E-state index < -0.39 is 0 Å². The predicted molar refractivity (Wildman–Crippen MR) is 128 cm³/mol. The molecule has 4 aromatic rings. The highest BCUT2D eigenvalue weighted by Crippen LogP contribution is 2.25. The van der Waals surface area contributed by atoms with E-state index in [9.17, 15) is 4.79 Å². The van der Waals surface area contributed by atoms with E-state index in [2.05, 4.69) is 10.3 Å². The number of hydrogen-bond acceptors (Lipinski definition) is 3. The molecule has 1 heterocycles. The number of amides is 2. The van der Waals surface area contributed by atoms with Crippen LogP contribution in [0, 0.1) is 0 Å². The molecule has 5 nitrogen and oxygen atoms in total. The maximum absolute atomic E-state index is 13.0. The van der Waals surface area contributed by atoms with Gasteiger partial charge in [0.05, 0.1) is 21.9 Å². The van der Waals surface area contributed by atoms with Crippen LogP contribution in [0.4, 0.5) is 21.9 Å². The van der Waals surface area contributed by atoms with Gasteiger partial charge in [0.25, 0.3) is 0 Å². The number of nitrogens with two attached hydrogens (primary N) is 1. The highest BCUT2D eigenvalue weighted by Gasteiger charge is 2.17. The molecule has 0 atom stereocenters. The van der Waals surface area contributed by atoms with Crippen molar-refractivity contribution in [2.75, 3.05) is 4.90 Å². The number of amidine groups is 1. The minimum absolute atomic E-state index is 0.193. The van der Waals surface area contributed by atoms with Crippen LogP contribution in [-0.4, -0.2) is 11.9 Å². The fourth-order valence-electron chi connectivity index (χ4n) is 3.10. The average Bonchev–Trinajstić information content (AvgIpc) is 3.36. The van der Waals surface area contributed by atoms with Crippen molar-refractivity contribution in [2.45, 2.75) is 6.54 Å². The Kier molecular flexibility index (Phi) is 6.40. The monoisotopic (exact) mass is 426 g/mol. The molecule has 0 saturated carbocycles. The van der Waals surface area contributed by atoms with Crippen molar-refractivity contribution in [3.63, 3.8) is 0 Å². The third-order valence-corrected chi connectivity index (χ3v) is 5.53. The maximum atomic E-state index is 13.0. The van der Waals surface area contributed by atoms with Crippen molar-refractivity contribution in [3.8, 4) is 0 Å². The Morgan fingerprint density at radius 3 is 2.00 bits per heavy atom. The zero-order valence-electron chi connectivity index (χ0n) is 16.8. The number of rotatable bonds is 6. The third kappa shape index (κ3) is 5.18. The average molecular weight is 427 g/mol. The molecular formula is C25H22N4OS. The quantitative estimate of drug-likeness (QED) is 0.301. The van der Waals surface area contributed by atoms with Gasteiger partial charge in [-0.05, 0) is 53.4 Å². The maximum Gasteiger partial charge on any atom is 0.326 e. The fourth-order valence-corrected chi connectivity index (χ4v) is 3.73. The number of carbonyl (C=O) groups is 1. The number of para-hydroxylation sites is 2. The summed E-state index contributed by atoms with van der Waals surface area (Å²) in [6.07, 6.45) is 0. The summed E-state index contributed by atoms with van der Waals surface area (Å²) in [6.45, 7) is 0.402. The van der Waals surface area contributed by atoms with Crippen LogP contribution in [-0.2, 0) is 6.54 Å². The molecule has 3 aromatic carbocycles. The van der Waals surface area contributed by atoms with Gasteiger partial charge >= 0.3 is 6.03 Å². The SMILES string of the molecule is NC(=Nc1ccc(CNC(=O)N(c2ccccc2)c2ccccc2)cc1)c1cccs1. The highest BCUT2D eigenvalue weighted by atomic mass is 32.1. The van der Waals surface area contributed by atoms with Crippen LogP contribution in [0.25, 0.3) is 0 Å². The second-order valence-electron chi connectivity index (χ2n) is 6.81. The lowest BCUT2D eigenvalue weighted by Crippen LogP contribution is -2.36. The molecule has 2 amide bonds. The summed E-state index contributed by atoms with van der Waals surface area (Å²) in [5, 5.41) is 4.98. The van der Waals surface area contributed by atoms with Crippen LogP contribution < -0.4 is 16.0 Å². The summed E-state index contributed by atoms with van der Waals surface area (Å²) in [7, 11) is 0. The molecular weight excluding hydrogens is 404 g/mol. The number of nitrogens with one attached hydrogen (secondary N) is 1. The number of aliphatic imine (C=N–C) groups is 1. The number of carbonyl (C=O) groups excluding carboxylic acids is 1. The number of thiophene rings is 1. The standard InChI is InChI=1S/C25H22N4OS/c26-24(23-12-7-17-31-23)28-20-15-13-19(14-16-20)18-27-25(30)29(21-8-3-1-4-9-21)22-10-5-2-6-11-22/h1-17H,18H2,(H2,26,28)(H,27,30). The second-order valence-corrected chi connectivity index (χ2v) is 7.75. The normalized spacial score (nSPS) is 11.2. The zero-order chi connectivity index (χ0) is 21.5. The first-order valence-electron chi connectivity index (χ1n) is 9.86. The smallest absolute Gasteiger partial charge is 0.326 e. The molecule has 3 N–H and O–H groups in total. The van der Waals surface area contributed by atoms with Gasteiger partial charge < -0.3 is 11.1 Å². The van der Waals surface area contributed by atoms with Crippen LogP contribution in [0.2, 0.25) is 0 Å². The van der Waals surface area contributed by atoms with Crippen molar-refractivity contribution in [3.05, 3.63) is 113 Å². The highest BCUT2D eigenvalue weighted by molar-refractivity contribution is 7.12. The van der Waals surface area contributed by atoms with Gasteiger partial charge in [-0.1, -0.05) is 54.6 Å². The van der Waals surface area contributed by atoms with Gasteiger partial charge in [-0.25, -0.2) is 9.79 Å². The molecule has 0 aliphatic rings. The topological polar surface area (TPSA) is 70.7 Å². The summed E-state index contributed by atoms with van der Waals surface area (Å²) in [6, 6.07) is 30.6. The van der Waals surface area contributed by atoms with Crippen LogP contribution >= 0.6 is 11.3 Å². The minimum atomic E-state index is -0.193. The predicted octanol–water partition coefficient (Wildman–Crippen LogP) is 5.83. The molecule has 154 valence electrons. The first kappa shape index (κ1) is 20.4. The van der Waals surface area contributed by atoms with Gasteiger partial charge in [0, 0.05) is 6.54 Å². The molecule has 0 radical (unpaired) electrons. The number of nitrogens with zero attached hydrogens (tertiary/aromatic N) is 2. The number of urea groups is 1. The van der Waals surface area contributed by atoms with Gasteiger partial charge in [0.2, 0.25) is 0 Å². The molecule has 0 aliphatic carbocycles. The van der Waals surface area contributed by atoms with Crippen LogP contribution in [0.3, 0.4) is 0 Å². The first-order valence-corrected chi connectivity index (χ1v) is 10.7. The molecule has 0 unspecified atom stereocenters. The summed E-state index contributed by atoms with van der Waals surface area (Å²) in [4.78, 5) is 20.1. The van der Waals surface area contributed by atoms with Gasteiger partial charge in [-0.15, -0.1) is 11.3 Å². The largest absolute Gasteiger partial charge is 0.383 e. The van der Waals surface area contributed by atoms with Crippen LogP contribution in [0.5, 0.6) is 0 Å². The molecule has 1 aromatic heterocycles. The summed E-state index contributed by atoms with van der Waals surface area (Å²) < 4.78 is 0. The summed E-state index contributed by atoms with van der Waals surface area (Å²) >= 11 is 1.56. The Bertz CT molecular complexity index is 1100. The lowest BCUT2D eigenvalue weighted by Gasteiger charge is -2.23. The lowest BCUT2D eigenvalue weighted by atomic mass is 10.2. The Morgan fingerprint density at radius 2 is 1.45 bits per heavy atom. The first-order chi connectivity index (χ1) is 15.2. The lowest BCUT2D eigenvalue weighted by molar-refractivity contribution is 0.248. The van der Waals surface area contributed by atoms with Gasteiger partial charge in [0.1, 0.15) is 5.84 Å². The molecule has 0 spiro atoms. The van der Waals surface area contributed by atoms with E-state index in [1.54, 1.807) is 16.2 Å². The van der Waals surface area contributed by atoms with Gasteiger partial charge in [-0.3, -0.25) is 4.90 Å². The number of anilines is 2. The Morgan fingerprint density at radius 1 is 0.839 bits per heavy atom. The third-order valence-electron chi connectivity index (χ3n) is 4.64. The van der Waals surface area contributed by atoms with Crippen LogP contribution in [0.1, 0.15) is 10.4 Å². The van der Waals surface area contributed by atoms with E-state index in [0.717, 1.165) is 27.5 Å². The Balaban J connectivity index is 1.45. The Labute approximate surface area is 185 Å². The molecule has 31 heavy (non-hydrogen) atoms. The zero-order valence-corrected chi connectivity index (χ0v) is 17.6. The van der Waals surface area contributed by atoms with Crippen LogP contribution in [0.15, 0.2) is 107 Å². The summed E-state index contributed by atoms with van der Waals surface area (Å²) in [5.74, 6) is 0.498. The summed E-state index contributed by atoms with van der Waals surface area (Å²) in [5.41, 5.74) is 9.41. The van der Waals surface area contributed by atoms with E-state index in [0.29, 0.717) is 12.4 Å². The number of benzene rings is 3. The second kappa shape index (κ2) is 9.73. The van der Waals surface area contributed by atoms with Crippen molar-refractivity contribution in [1.29, 1.82) is 0 Å². The Hall–Kier alpha value is -3.90. The van der Waals surface area contributed by atoms with Gasteiger partial charge in [0.15, 0.2) is 0 Å². The molecule has 6 heteroatoms. The minimum Gasteiger partial charge on any atom is -0.383 e. The van der Waals surface area contributed by atoms with E-state index in [1.165, 1.54) is 0 Å². The van der Waals surface area contributed by atoms with E-state index in [4.69, 9.17) is 5.73 Å². The fraction of sp³-hybridized carbons (Fsp3) is 0.0400. The molecule has 0 saturated heterocycles. The molecule has 0 bridgehead atoms. The van der Waals surface area contributed by atoms with Gasteiger partial charge in [-0.2, -0.15) is 0 Å². The molecule has 0 aliphatic heterocycles. The van der Waals surface area contributed by atoms with E-state index in [-0.39, 0.29) is 6.03 Å². The van der Waals surface area contributed by atoms with E-state index >= 15 is 0 Å². The van der Waals surface area contributed by atoms with Crippen molar-refractivity contribution in [2.24, 2.45) is 10.7 Å². The molecule has 0 fully saturated rings. The van der Waals surface area contributed by atoms with Crippen molar-refractivity contribution in [1.82, 2.24) is 5.32 Å².